The zero-order chi connectivity index (χ0) is 15.3. The maximum Gasteiger partial charge on any atom is 0.425 e. The fourth-order valence-corrected chi connectivity index (χ4v) is 4.88. The molecule has 0 amide bonds. The number of ether oxygens (including phenoxy) is 1. The van der Waals surface area contributed by atoms with Gasteiger partial charge in [0.2, 0.25) is 0 Å². The summed E-state index contributed by atoms with van der Waals surface area (Å²) >= 11 is 0.763. The Morgan fingerprint density at radius 2 is 2.24 bits per heavy atom. The van der Waals surface area contributed by atoms with E-state index in [4.69, 9.17) is 4.74 Å². The Morgan fingerprint density at radius 1 is 1.48 bits per heavy atom. The summed E-state index contributed by atoms with van der Waals surface area (Å²) in [7, 11) is 0. The van der Waals surface area contributed by atoms with Crippen LogP contribution in [0.1, 0.15) is 40.6 Å². The monoisotopic (exact) mass is 321 g/mol. The molecule has 7 heteroatoms. The van der Waals surface area contributed by atoms with Gasteiger partial charge in [-0.2, -0.15) is 13.2 Å². The van der Waals surface area contributed by atoms with Gasteiger partial charge in [-0.25, -0.2) is 0 Å². The minimum Gasteiger partial charge on any atom is -0.392 e. The average Bonchev–Trinajstić information content (AvgIpc) is 2.79. The maximum absolute atomic E-state index is 13.2. The van der Waals surface area contributed by atoms with Crippen LogP contribution in [-0.4, -0.2) is 24.3 Å². The highest BCUT2D eigenvalue weighted by molar-refractivity contribution is 7.12. The molecule has 1 aromatic rings. The summed E-state index contributed by atoms with van der Waals surface area (Å²) in [5.74, 6) is 0. The van der Waals surface area contributed by atoms with E-state index in [0.717, 1.165) is 17.9 Å². The van der Waals surface area contributed by atoms with Gasteiger partial charge in [0.1, 0.15) is 10.5 Å². The summed E-state index contributed by atoms with van der Waals surface area (Å²) in [5, 5.41) is 12.7. The van der Waals surface area contributed by atoms with E-state index in [1.807, 2.05) is 6.92 Å². The number of aliphatic hydroxyl groups excluding tert-OH is 1. The Balaban J connectivity index is 2.12. The zero-order valence-electron chi connectivity index (χ0n) is 11.7. The molecule has 0 aliphatic carbocycles. The minimum absolute atomic E-state index is 0.0522. The molecule has 1 saturated heterocycles. The molecule has 2 atom stereocenters. The van der Waals surface area contributed by atoms with Gasteiger partial charge in [-0.15, -0.1) is 11.3 Å². The van der Waals surface area contributed by atoms with Gasteiger partial charge in [-0.05, 0) is 38.3 Å². The van der Waals surface area contributed by atoms with E-state index in [0.29, 0.717) is 36.3 Å². The first-order chi connectivity index (χ1) is 9.87. The fraction of sp³-hybridized carbons (Fsp3) is 0.714. The molecule has 3 heterocycles. The van der Waals surface area contributed by atoms with Crippen molar-refractivity contribution in [1.82, 2.24) is 5.32 Å². The average molecular weight is 321 g/mol. The molecule has 1 spiro atoms. The summed E-state index contributed by atoms with van der Waals surface area (Å²) in [6, 6.07) is 0.207. The highest BCUT2D eigenvalue weighted by Gasteiger charge is 2.47. The Morgan fingerprint density at radius 3 is 2.86 bits per heavy atom. The molecule has 0 saturated carbocycles. The quantitative estimate of drug-likeness (QED) is 0.836. The second-order valence-corrected chi connectivity index (χ2v) is 6.80. The number of nitrogens with one attached hydrogen (secondary N) is 1. The lowest BCUT2D eigenvalue weighted by molar-refractivity contribution is -0.135. The van der Waals surface area contributed by atoms with E-state index in [1.165, 1.54) is 0 Å². The maximum atomic E-state index is 13.2. The molecule has 2 aliphatic rings. The third kappa shape index (κ3) is 2.50. The SMILES string of the molecule is C[C@H]1CC2(CCN1)OCCc1c2sc(C(F)(F)F)c1CO. The summed E-state index contributed by atoms with van der Waals surface area (Å²) in [6.45, 7) is 2.60. The normalized spacial score (nSPS) is 29.7. The van der Waals surface area contributed by atoms with Crippen molar-refractivity contribution < 1.29 is 23.0 Å². The van der Waals surface area contributed by atoms with Gasteiger partial charge >= 0.3 is 6.18 Å². The van der Waals surface area contributed by atoms with Crippen LogP contribution in [0.2, 0.25) is 0 Å². The predicted molar refractivity (Wildman–Crippen MR) is 73.3 cm³/mol. The van der Waals surface area contributed by atoms with E-state index < -0.39 is 23.3 Å². The van der Waals surface area contributed by atoms with Gasteiger partial charge in [0.25, 0.3) is 0 Å². The second kappa shape index (κ2) is 5.22. The van der Waals surface area contributed by atoms with E-state index in [1.54, 1.807) is 0 Å². The van der Waals surface area contributed by atoms with Gasteiger partial charge in [-0.1, -0.05) is 0 Å². The predicted octanol–water partition coefficient (Wildman–Crippen LogP) is 2.80. The number of halogens is 3. The van der Waals surface area contributed by atoms with E-state index in [9.17, 15) is 18.3 Å². The smallest absolute Gasteiger partial charge is 0.392 e. The largest absolute Gasteiger partial charge is 0.425 e. The molecular formula is C14H18F3NO2S. The first kappa shape index (κ1) is 15.3. The van der Waals surface area contributed by atoms with Crippen LogP contribution in [-0.2, 0) is 29.5 Å². The van der Waals surface area contributed by atoms with Crippen molar-refractivity contribution in [2.45, 2.75) is 50.6 Å². The van der Waals surface area contributed by atoms with Crippen LogP contribution < -0.4 is 5.32 Å². The van der Waals surface area contributed by atoms with Crippen molar-refractivity contribution in [2.75, 3.05) is 13.2 Å². The van der Waals surface area contributed by atoms with Gasteiger partial charge in [0, 0.05) is 16.5 Å². The van der Waals surface area contributed by atoms with Crippen molar-refractivity contribution in [3.63, 3.8) is 0 Å². The van der Waals surface area contributed by atoms with Gasteiger partial charge in [0.15, 0.2) is 0 Å². The first-order valence-corrected chi connectivity index (χ1v) is 7.89. The molecular weight excluding hydrogens is 303 g/mol. The Bertz CT molecular complexity index is 543. The standard InChI is InChI=1S/C14H18F3NO2S/c1-8-6-13(3-4-18-8)11-9(2-5-20-13)10(7-19)12(21-11)14(15,16)17/h8,18-19H,2-7H2,1H3/t8-,13?/m0/s1. The van der Waals surface area contributed by atoms with Crippen molar-refractivity contribution in [3.8, 4) is 0 Å². The fourth-order valence-electron chi connectivity index (χ4n) is 3.47. The molecule has 21 heavy (non-hydrogen) atoms. The lowest BCUT2D eigenvalue weighted by atomic mass is 9.82. The molecule has 1 aromatic heterocycles. The third-order valence-electron chi connectivity index (χ3n) is 4.33. The Labute approximate surface area is 125 Å². The van der Waals surface area contributed by atoms with Crippen LogP contribution >= 0.6 is 11.3 Å². The number of rotatable bonds is 1. The molecule has 118 valence electrons. The molecule has 3 nitrogen and oxygen atoms in total. The lowest BCUT2D eigenvalue weighted by Gasteiger charge is -2.43. The number of hydrogen-bond acceptors (Lipinski definition) is 4. The van der Waals surface area contributed by atoms with E-state index >= 15 is 0 Å². The minimum atomic E-state index is -4.42. The molecule has 0 bridgehead atoms. The molecule has 0 radical (unpaired) electrons. The summed E-state index contributed by atoms with van der Waals surface area (Å²) < 4.78 is 45.6. The summed E-state index contributed by atoms with van der Waals surface area (Å²) in [6.07, 6.45) is -2.63. The summed E-state index contributed by atoms with van der Waals surface area (Å²) in [5.41, 5.74) is 0.0996. The van der Waals surface area contributed by atoms with Crippen LogP contribution in [0.15, 0.2) is 0 Å². The molecule has 1 fully saturated rings. The molecule has 2 aliphatic heterocycles. The number of alkyl halides is 3. The number of aliphatic hydroxyl groups is 1. The molecule has 1 unspecified atom stereocenters. The highest BCUT2D eigenvalue weighted by Crippen LogP contribution is 2.50. The Hall–Kier alpha value is -0.630. The highest BCUT2D eigenvalue weighted by atomic mass is 32.1. The topological polar surface area (TPSA) is 41.5 Å². The second-order valence-electron chi connectivity index (χ2n) is 5.78. The van der Waals surface area contributed by atoms with Crippen molar-refractivity contribution in [1.29, 1.82) is 0 Å². The molecule has 0 aromatic carbocycles. The van der Waals surface area contributed by atoms with Crippen LogP contribution in [0.25, 0.3) is 0 Å². The Kier molecular flexibility index (Phi) is 3.80. The lowest BCUT2D eigenvalue weighted by Crippen LogP contribution is -2.48. The van der Waals surface area contributed by atoms with Crippen LogP contribution in [0.5, 0.6) is 0 Å². The van der Waals surface area contributed by atoms with E-state index in [-0.39, 0.29) is 11.6 Å². The number of thiophene rings is 1. The van der Waals surface area contributed by atoms with Gasteiger partial charge < -0.3 is 15.2 Å². The third-order valence-corrected chi connectivity index (χ3v) is 5.84. The zero-order valence-corrected chi connectivity index (χ0v) is 12.5. The number of piperidine rings is 1. The van der Waals surface area contributed by atoms with Crippen LogP contribution in [0, 0.1) is 0 Å². The van der Waals surface area contributed by atoms with Gasteiger partial charge in [0.05, 0.1) is 13.2 Å². The molecule has 3 rings (SSSR count). The van der Waals surface area contributed by atoms with Crippen LogP contribution in [0.3, 0.4) is 0 Å². The van der Waals surface area contributed by atoms with Crippen LogP contribution in [0.4, 0.5) is 13.2 Å². The van der Waals surface area contributed by atoms with Crippen molar-refractivity contribution in [2.24, 2.45) is 0 Å². The number of fused-ring (bicyclic) bond motifs is 2. The molecule has 2 N–H and O–H groups in total. The van der Waals surface area contributed by atoms with Gasteiger partial charge in [-0.3, -0.25) is 0 Å². The first-order valence-electron chi connectivity index (χ1n) is 7.08. The van der Waals surface area contributed by atoms with Crippen molar-refractivity contribution >= 4 is 11.3 Å². The van der Waals surface area contributed by atoms with E-state index in [2.05, 4.69) is 5.32 Å². The summed E-state index contributed by atoms with van der Waals surface area (Å²) in [4.78, 5) is 0.0181. The number of hydrogen-bond donors (Lipinski definition) is 2. The van der Waals surface area contributed by atoms with Crippen molar-refractivity contribution in [3.05, 3.63) is 20.9 Å².